The molecule has 12 heteroatoms. The third-order valence-electron chi connectivity index (χ3n) is 7.78. The van der Waals surface area contributed by atoms with E-state index in [1.54, 1.807) is 34.3 Å². The van der Waals surface area contributed by atoms with E-state index in [-0.39, 0.29) is 47.2 Å². The second-order valence-electron chi connectivity index (χ2n) is 10.7. The molecule has 2 unspecified atom stereocenters. The van der Waals surface area contributed by atoms with Gasteiger partial charge in [-0.2, -0.15) is 10.2 Å². The molecule has 4 N–H and O–H groups in total. The fourth-order valence-electron chi connectivity index (χ4n) is 5.62. The number of benzene rings is 4. The molecule has 0 aliphatic carbocycles. The molecule has 0 fully saturated rings. The van der Waals surface area contributed by atoms with Gasteiger partial charge in [-0.25, -0.2) is 18.8 Å². The first-order valence-corrected chi connectivity index (χ1v) is 15.4. The number of rotatable bonds is 9. The van der Waals surface area contributed by atoms with Gasteiger partial charge in [0.25, 0.3) is 0 Å². The molecule has 2 aliphatic heterocycles. The normalized spacial score (nSPS) is 17.4. The van der Waals surface area contributed by atoms with Gasteiger partial charge in [0, 0.05) is 24.0 Å². The van der Waals surface area contributed by atoms with E-state index < -0.39 is 0 Å². The van der Waals surface area contributed by atoms with Crippen molar-refractivity contribution in [2.75, 3.05) is 13.2 Å². The molecular weight excluding hydrogens is 627 g/mol. The van der Waals surface area contributed by atoms with E-state index in [1.807, 2.05) is 48.5 Å². The van der Waals surface area contributed by atoms with Crippen LogP contribution in [0.2, 0.25) is 0 Å². The molecule has 0 saturated heterocycles. The molecule has 4 aromatic carbocycles. The quantitative estimate of drug-likeness (QED) is 0.162. The number of halogens is 2. The number of nitrogens with two attached hydrogens (primary N) is 2. The lowest BCUT2D eigenvalue weighted by Gasteiger charge is -2.25. The van der Waals surface area contributed by atoms with Crippen molar-refractivity contribution in [1.82, 2.24) is 10.0 Å². The molecule has 2 heterocycles. The van der Waals surface area contributed by atoms with Gasteiger partial charge in [-0.3, -0.25) is 0 Å². The first-order valence-electron chi connectivity index (χ1n) is 14.6. The molecule has 0 aromatic heterocycles. The fourth-order valence-corrected chi connectivity index (χ4v) is 5.96. The molecule has 234 valence electrons. The molecule has 0 bridgehead atoms. The van der Waals surface area contributed by atoms with Crippen molar-refractivity contribution in [2.24, 2.45) is 21.7 Å². The highest BCUT2D eigenvalue weighted by Crippen LogP contribution is 2.39. The van der Waals surface area contributed by atoms with Crippen molar-refractivity contribution in [1.29, 1.82) is 0 Å². The van der Waals surface area contributed by atoms with Gasteiger partial charge in [-0.15, -0.1) is 0 Å². The zero-order valence-electron chi connectivity index (χ0n) is 24.6. The summed E-state index contributed by atoms with van der Waals surface area (Å²) in [4.78, 5) is 0. The number of para-hydroxylation sites is 2. The van der Waals surface area contributed by atoms with E-state index in [0.29, 0.717) is 24.3 Å². The third kappa shape index (κ3) is 6.68. The minimum Gasteiger partial charge on any atom is -0.490 e. The van der Waals surface area contributed by atoms with E-state index in [4.69, 9.17) is 45.4 Å². The van der Waals surface area contributed by atoms with Gasteiger partial charge in [0.15, 0.2) is 10.2 Å². The lowest BCUT2D eigenvalue weighted by Crippen LogP contribution is -2.32. The summed E-state index contributed by atoms with van der Waals surface area (Å²) in [7, 11) is 0. The van der Waals surface area contributed by atoms with E-state index in [1.165, 1.54) is 24.3 Å². The van der Waals surface area contributed by atoms with Crippen LogP contribution in [0.1, 0.15) is 47.2 Å². The highest BCUT2D eigenvalue weighted by atomic mass is 32.1. The van der Waals surface area contributed by atoms with Crippen LogP contribution in [0.3, 0.4) is 0 Å². The summed E-state index contributed by atoms with van der Waals surface area (Å²) in [5.41, 5.74) is 16.9. The van der Waals surface area contributed by atoms with E-state index in [0.717, 1.165) is 33.7 Å². The van der Waals surface area contributed by atoms with E-state index in [2.05, 4.69) is 10.2 Å². The SMILES string of the molecule is NC(=S)N1N=C(c2ccc(F)cc2)CC1c1ccccc1OCCOc1ccccc1C1CC(c2ccc(F)cc2)=NN1C(N)=S. The van der Waals surface area contributed by atoms with Crippen molar-refractivity contribution in [3.05, 3.63) is 131 Å². The van der Waals surface area contributed by atoms with Crippen LogP contribution >= 0.6 is 24.4 Å². The van der Waals surface area contributed by atoms with E-state index in [9.17, 15) is 8.78 Å². The predicted octanol–water partition coefficient (Wildman–Crippen LogP) is 6.21. The molecule has 8 nitrogen and oxygen atoms in total. The number of hydrazone groups is 2. The number of ether oxygens (including phenoxy) is 2. The Labute approximate surface area is 275 Å². The van der Waals surface area contributed by atoms with Crippen molar-refractivity contribution in [3.63, 3.8) is 0 Å². The Bertz CT molecular complexity index is 1680. The summed E-state index contributed by atoms with van der Waals surface area (Å²) in [6, 6.07) is 27.0. The third-order valence-corrected chi connectivity index (χ3v) is 8.16. The fraction of sp³-hybridized carbons (Fsp3) is 0.176. The van der Waals surface area contributed by atoms with Crippen molar-refractivity contribution < 1.29 is 18.3 Å². The van der Waals surface area contributed by atoms with Crippen molar-refractivity contribution >= 4 is 46.1 Å². The minimum absolute atomic E-state index is 0.126. The second-order valence-corrected chi connectivity index (χ2v) is 11.5. The monoisotopic (exact) mass is 656 g/mol. The molecule has 0 saturated carbocycles. The minimum atomic E-state index is -0.319. The largest absolute Gasteiger partial charge is 0.490 e. The standard InChI is InChI=1S/C34H30F2N6O2S2/c35-23-13-9-21(10-14-23)27-19-29(41(39-27)33(37)45)25-5-1-3-7-31(25)43-17-18-44-32-8-4-2-6-26(32)30-20-28(40-42(30)34(38)46)22-11-15-24(36)16-12-22/h1-16,29-30H,17-20H2,(H2,37,45)(H2,38,46). The zero-order chi connectivity index (χ0) is 32.2. The highest BCUT2D eigenvalue weighted by molar-refractivity contribution is 7.80. The summed E-state index contributed by atoms with van der Waals surface area (Å²) in [6.45, 7) is 0.496. The van der Waals surface area contributed by atoms with Crippen LogP contribution in [0.5, 0.6) is 11.5 Å². The molecule has 2 atom stereocenters. The lowest BCUT2D eigenvalue weighted by atomic mass is 9.98. The average molecular weight is 657 g/mol. The maximum Gasteiger partial charge on any atom is 0.187 e. The van der Waals surface area contributed by atoms with Crippen LogP contribution in [0, 0.1) is 11.6 Å². The first kappa shape index (κ1) is 31.1. The van der Waals surface area contributed by atoms with Crippen LogP contribution in [0.15, 0.2) is 107 Å². The van der Waals surface area contributed by atoms with Crippen LogP contribution in [0.25, 0.3) is 0 Å². The highest BCUT2D eigenvalue weighted by Gasteiger charge is 2.34. The first-order chi connectivity index (χ1) is 22.3. The Hall–Kier alpha value is -4.94. The summed E-state index contributed by atoms with van der Waals surface area (Å²) >= 11 is 10.6. The predicted molar refractivity (Wildman–Crippen MR) is 182 cm³/mol. The number of nitrogens with zero attached hydrogens (tertiary/aromatic N) is 4. The average Bonchev–Trinajstić information content (AvgIpc) is 3.71. The number of thiocarbonyl (C=S) groups is 2. The van der Waals surface area contributed by atoms with Gasteiger partial charge >= 0.3 is 0 Å². The molecule has 4 aromatic rings. The van der Waals surface area contributed by atoms with Crippen molar-refractivity contribution in [2.45, 2.75) is 24.9 Å². The summed E-state index contributed by atoms with van der Waals surface area (Å²) < 4.78 is 39.5. The topological polar surface area (TPSA) is 102 Å². The van der Waals surface area contributed by atoms with Crippen LogP contribution < -0.4 is 20.9 Å². The molecular formula is C34H30F2N6O2S2. The summed E-state index contributed by atoms with van der Waals surface area (Å²) in [5, 5.41) is 12.7. The van der Waals surface area contributed by atoms with E-state index >= 15 is 0 Å². The number of hydrogen-bond donors (Lipinski definition) is 2. The van der Waals surface area contributed by atoms with Crippen molar-refractivity contribution in [3.8, 4) is 11.5 Å². The Morgan fingerprint density at radius 3 is 1.37 bits per heavy atom. The van der Waals surface area contributed by atoms with Gasteiger partial charge in [-0.05, 0) is 72.0 Å². The Morgan fingerprint density at radius 1 is 0.630 bits per heavy atom. The van der Waals surface area contributed by atoms with Crippen LogP contribution in [-0.2, 0) is 0 Å². The maximum absolute atomic E-state index is 13.5. The smallest absolute Gasteiger partial charge is 0.187 e. The lowest BCUT2D eigenvalue weighted by molar-refractivity contribution is 0.209. The molecule has 0 radical (unpaired) electrons. The zero-order valence-corrected chi connectivity index (χ0v) is 26.2. The maximum atomic E-state index is 13.5. The molecule has 6 rings (SSSR count). The van der Waals surface area contributed by atoms with Gasteiger partial charge in [-0.1, -0.05) is 60.7 Å². The molecule has 2 aliphatic rings. The van der Waals surface area contributed by atoms with Crippen LogP contribution in [0.4, 0.5) is 8.78 Å². The van der Waals surface area contributed by atoms with Gasteiger partial charge in [0.1, 0.15) is 36.3 Å². The van der Waals surface area contributed by atoms with Crippen LogP contribution in [-0.4, -0.2) is 44.9 Å². The Morgan fingerprint density at radius 2 is 1.00 bits per heavy atom. The molecule has 46 heavy (non-hydrogen) atoms. The van der Waals surface area contributed by atoms with Gasteiger partial charge < -0.3 is 20.9 Å². The molecule has 0 amide bonds. The summed E-state index contributed by atoms with van der Waals surface area (Å²) in [6.07, 6.45) is 1.02. The second kappa shape index (κ2) is 13.6. The number of hydrogen-bond acceptors (Lipinski definition) is 6. The van der Waals surface area contributed by atoms with Gasteiger partial charge in [0.2, 0.25) is 0 Å². The molecule has 0 spiro atoms. The summed E-state index contributed by atoms with van der Waals surface area (Å²) in [5.74, 6) is 0.656. The Kier molecular flexibility index (Phi) is 9.18. The van der Waals surface area contributed by atoms with Gasteiger partial charge in [0.05, 0.1) is 23.5 Å². The Balaban J connectivity index is 1.14.